The van der Waals surface area contributed by atoms with Crippen molar-refractivity contribution in [1.29, 1.82) is 0 Å². The zero-order chi connectivity index (χ0) is 96.2. The number of carboxylic acids is 1. The monoisotopic (exact) mass is 1850 g/mol. The number of unbranched alkanes of at least 4 members (excludes halogenated alkanes) is 2. The van der Waals surface area contributed by atoms with Crippen LogP contribution in [0.1, 0.15) is 127 Å². The van der Waals surface area contributed by atoms with Crippen molar-refractivity contribution in [3.05, 3.63) is 102 Å². The number of aromatic nitrogens is 2. The van der Waals surface area contributed by atoms with Gasteiger partial charge in [0.05, 0.1) is 31.4 Å². The highest BCUT2D eigenvalue weighted by molar-refractivity contribution is 8.00. The first-order valence-electron chi connectivity index (χ1n) is 43.2. The molecule has 15 atom stereocenters. The number of carboxylic acid groups (broad SMARTS) is 1. The molecule has 3 aliphatic heterocycles. The molecule has 44 nitrogen and oxygen atoms in total. The van der Waals surface area contributed by atoms with Crippen molar-refractivity contribution in [3.8, 4) is 5.75 Å². The molecule has 45 heteroatoms. The molecule has 2 aromatic heterocycles. The van der Waals surface area contributed by atoms with Gasteiger partial charge in [0, 0.05) is 119 Å². The van der Waals surface area contributed by atoms with E-state index in [-0.39, 0.29) is 70.1 Å². The number of aromatic amines is 2. The number of para-hydroxylation sites is 2. The Bertz CT molecular complexity index is 4990. The Kier molecular flexibility index (Phi) is 38.5. The number of aliphatic hydroxyl groups is 2. The first-order valence-corrected chi connectivity index (χ1v) is 44.4. The van der Waals surface area contributed by atoms with Gasteiger partial charge in [-0.3, -0.25) is 91.1 Å². The molecule has 3 fully saturated rings. The van der Waals surface area contributed by atoms with Crippen LogP contribution in [-0.2, 0) is 110 Å². The minimum absolute atomic E-state index is 0.0605. The SMILES string of the molecule is CCCC[C@H]1C(=O)N(C)[C@@H](CCCC)C(=O)N[C@@H](CCC(=O)O)C(=O)N[C@H](C(=O)NCC(N)=O)CSCC(=O)N[C@@H](Cc2ccc(O)cc2)C(=O)N(C)[C@@H](C)C(=O)N[C@H](CC(N)=O)C(=O)N2CCC[C@H]2C(=O)N[C@@H](CN)C(=O)N[C@@H](CCC(N)=O)C(=O)N2C[C@H](O)C[C@H]2C(=O)N[C@@H](Cc2c[nH]c3ccccc23)C(=O)N[C@@H](CO)C(=O)N[C@@H](Cc2c[nH]c3ccccc23)C(=O)N1C. The van der Waals surface area contributed by atoms with Crippen molar-refractivity contribution >= 4 is 146 Å². The number of likely N-dealkylation sites (N-methyl/N-ethyl adjacent to an activating group) is 3. The van der Waals surface area contributed by atoms with Gasteiger partial charge >= 0.3 is 5.97 Å². The van der Waals surface area contributed by atoms with E-state index in [2.05, 4.69) is 63.1 Å². The number of primary amides is 3. The largest absolute Gasteiger partial charge is 0.508 e. The maximum atomic E-state index is 15.6. The fourth-order valence-corrected chi connectivity index (χ4v) is 16.6. The summed E-state index contributed by atoms with van der Waals surface area (Å²) < 4.78 is 0. The number of fused-ring (bicyclic) bond motifs is 4. The number of benzene rings is 3. The Labute approximate surface area is 758 Å². The zero-order valence-electron chi connectivity index (χ0n) is 73.7. The van der Waals surface area contributed by atoms with Crippen molar-refractivity contribution < 1.29 is 112 Å². The minimum Gasteiger partial charge on any atom is -0.508 e. The van der Waals surface area contributed by atoms with Crippen LogP contribution >= 0.6 is 11.8 Å². The summed E-state index contributed by atoms with van der Waals surface area (Å²) >= 11 is 0.693. The molecule has 8 rings (SSSR count). The Balaban J connectivity index is 1.19. The van der Waals surface area contributed by atoms with Crippen molar-refractivity contribution in [2.75, 3.05) is 65.4 Å². The van der Waals surface area contributed by atoms with Gasteiger partial charge in [-0.1, -0.05) is 88.1 Å². The molecule has 0 unspecified atom stereocenters. The minimum atomic E-state index is -1.94. The van der Waals surface area contributed by atoms with E-state index in [0.29, 0.717) is 63.1 Å². The molecule has 131 heavy (non-hydrogen) atoms. The van der Waals surface area contributed by atoms with E-state index in [1.54, 1.807) is 74.8 Å². The van der Waals surface area contributed by atoms with E-state index < -0.39 is 279 Å². The van der Waals surface area contributed by atoms with Crippen LogP contribution in [0, 0.1) is 0 Å². The van der Waals surface area contributed by atoms with Crippen LogP contribution < -0.4 is 76.1 Å². The van der Waals surface area contributed by atoms with Crippen molar-refractivity contribution in [3.63, 3.8) is 0 Å². The second kappa shape index (κ2) is 48.9. The number of carbonyl (C=O) groups excluding carboxylic acids is 18. The smallest absolute Gasteiger partial charge is 0.303 e. The van der Waals surface area contributed by atoms with E-state index in [4.69, 9.17) is 22.9 Å². The van der Waals surface area contributed by atoms with Gasteiger partial charge in [0.15, 0.2) is 0 Å². The van der Waals surface area contributed by atoms with Crippen LogP contribution in [0.25, 0.3) is 21.8 Å². The van der Waals surface area contributed by atoms with E-state index in [1.807, 2.05) is 0 Å². The zero-order valence-corrected chi connectivity index (χ0v) is 74.5. The van der Waals surface area contributed by atoms with E-state index in [1.165, 1.54) is 52.3 Å². The molecular formula is C86H119N21O23S. The number of nitrogens with one attached hydrogen (secondary N) is 12. The van der Waals surface area contributed by atoms with Crippen LogP contribution in [0.4, 0.5) is 0 Å². The number of rotatable bonds is 25. The Morgan fingerprint density at radius 1 is 0.511 bits per heavy atom. The second-order valence-corrected chi connectivity index (χ2v) is 33.8. The number of aromatic hydroxyl groups is 1. The summed E-state index contributed by atoms with van der Waals surface area (Å²) in [5.41, 5.74) is 25.2. The fraction of sp³-hybridized carbons (Fsp3) is 0.523. The molecule has 0 radical (unpaired) electrons. The first-order chi connectivity index (χ1) is 62.3. The fourth-order valence-electron chi connectivity index (χ4n) is 15.8. The van der Waals surface area contributed by atoms with Gasteiger partial charge in [0.2, 0.25) is 106 Å². The molecule has 3 aromatic carbocycles. The number of phenols is 1. The van der Waals surface area contributed by atoms with Gasteiger partial charge in [-0.2, -0.15) is 0 Å². The lowest BCUT2D eigenvalue weighted by atomic mass is 10.00. The summed E-state index contributed by atoms with van der Waals surface area (Å²) in [5.74, 6) is -21.3. The topological polar surface area (TPSA) is 677 Å². The number of nitrogens with zero attached hydrogens (tertiary/aromatic N) is 5. The van der Waals surface area contributed by atoms with Gasteiger partial charge in [0.25, 0.3) is 0 Å². The summed E-state index contributed by atoms with van der Waals surface area (Å²) in [6.45, 7) is 1.46. The molecule has 0 spiro atoms. The molecule has 3 aliphatic rings. The third kappa shape index (κ3) is 28.6. The molecule has 24 N–H and O–H groups in total. The Hall–Kier alpha value is -13.3. The first kappa shape index (κ1) is 103. The molecule has 5 aromatic rings. The summed E-state index contributed by atoms with van der Waals surface area (Å²) in [6.07, 6.45) is -1.85. The standard InChI is InChI=1S/C86H119N21O23S/c1-7-9-20-64-79(123)95-55(28-30-72(115)116)75(119)102-63(74(118)93-40-70(90)113)43-131-44-71(114)94-58(32-46-23-25-49(109)26-24-46)82(126)103(4)45(3)73(117)98-60(36-69(89)112)85(129)106-31-15-22-65(106)80(124)100-61(37-87)77(121)96-56(27-29-68(88)111)84(128)107-41-50(110)35-67(107)81(125)97-57(33-47-38-91-53-18-13-11-16-51(47)53)76(120)101-62(42-108)78(122)99-59(34-48-39-92-54-19-14-12-17-52(48)54)83(127)105(6)66(21-10-8-2)86(130)104(64)5/h11-14,16-19,23-26,38-39,45,50,55-67,91-92,108-110H,7-10,15,20-22,27-37,40-44,87H2,1-6H3,(H2,88,111)(H2,89,112)(H2,90,113)(H,93,118)(H,94,114)(H,95,123)(H,96,121)(H,97,125)(H,98,117)(H,99,122)(H,100,124)(H,101,120)(H,102,119)(H,115,116)/t45-,50+,55-,56-,57-,58-,59-,60+,61-,62-,63-,64-,65-,66-,67-/m0/s1. The third-order valence-corrected chi connectivity index (χ3v) is 24.2. The van der Waals surface area contributed by atoms with Crippen molar-refractivity contribution in [2.24, 2.45) is 22.9 Å². The number of aliphatic carboxylic acids is 1. The highest BCUT2D eigenvalue weighted by Crippen LogP contribution is 2.28. The lowest BCUT2D eigenvalue weighted by molar-refractivity contribution is -0.149. The predicted molar refractivity (Wildman–Crippen MR) is 473 cm³/mol. The van der Waals surface area contributed by atoms with Gasteiger partial charge in [-0.25, -0.2) is 0 Å². The number of nitrogens with two attached hydrogens (primary N) is 4. The number of phenolic OH excluding ortho intramolecular Hbond substituents is 1. The number of hydrogen-bond acceptors (Lipinski definition) is 24. The number of aliphatic hydroxyl groups excluding tert-OH is 2. The molecule has 3 saturated heterocycles. The molecule has 0 saturated carbocycles. The lowest BCUT2D eigenvalue weighted by Gasteiger charge is -2.36. The van der Waals surface area contributed by atoms with Crippen molar-refractivity contribution in [2.45, 2.75) is 221 Å². The van der Waals surface area contributed by atoms with Crippen LogP contribution in [0.15, 0.2) is 85.2 Å². The summed E-state index contributed by atoms with van der Waals surface area (Å²) in [7, 11) is 3.74. The van der Waals surface area contributed by atoms with Gasteiger partial charge in [0.1, 0.15) is 90.3 Å². The average Bonchev–Trinajstić information content (AvgIpc) is 1.80. The highest BCUT2D eigenvalue weighted by Gasteiger charge is 2.47. The maximum absolute atomic E-state index is 15.6. The second-order valence-electron chi connectivity index (χ2n) is 32.8. The van der Waals surface area contributed by atoms with E-state index >= 15 is 33.6 Å². The Morgan fingerprint density at radius 3 is 1.62 bits per heavy atom. The van der Waals surface area contributed by atoms with E-state index in [0.717, 1.165) is 24.5 Å². The summed E-state index contributed by atoms with van der Waals surface area (Å²) in [4.78, 5) is 283. The van der Waals surface area contributed by atoms with E-state index in [9.17, 15) is 78.0 Å². The number of thioether (sulfide) groups is 1. The number of carbonyl (C=O) groups is 19. The maximum Gasteiger partial charge on any atom is 0.303 e. The molecule has 0 bridgehead atoms. The third-order valence-electron chi connectivity index (χ3n) is 23.2. The highest BCUT2D eigenvalue weighted by atomic mass is 32.2. The normalized spacial score (nSPS) is 25.1. The van der Waals surface area contributed by atoms with Gasteiger partial charge < -0.3 is 131 Å². The number of H-pyrrole nitrogens is 2. The van der Waals surface area contributed by atoms with Gasteiger partial charge in [-0.05, 0) is 86.4 Å². The number of hydrogen-bond donors (Lipinski definition) is 20. The van der Waals surface area contributed by atoms with Crippen LogP contribution in [0.2, 0.25) is 0 Å². The summed E-state index contributed by atoms with van der Waals surface area (Å²) in [5, 5.41) is 68.9. The quantitative estimate of drug-likeness (QED) is 0.0260. The van der Waals surface area contributed by atoms with Crippen molar-refractivity contribution in [1.82, 2.24) is 87.6 Å². The summed E-state index contributed by atoms with van der Waals surface area (Å²) in [6, 6.07) is -4.05. The van der Waals surface area contributed by atoms with Crippen LogP contribution in [0.3, 0.4) is 0 Å². The Morgan fingerprint density at radius 2 is 1.02 bits per heavy atom. The number of amides is 18. The predicted octanol–water partition coefficient (Wildman–Crippen LogP) is -5.11. The molecular weight excluding hydrogens is 1730 g/mol. The molecule has 5 heterocycles. The average molecular weight is 1850 g/mol. The van der Waals surface area contributed by atoms with Gasteiger partial charge in [-0.15, -0.1) is 11.8 Å². The molecule has 712 valence electrons. The lowest BCUT2D eigenvalue weighted by Crippen LogP contribution is -2.62. The van der Waals surface area contributed by atoms with Crippen LogP contribution in [0.5, 0.6) is 5.75 Å². The van der Waals surface area contributed by atoms with Crippen LogP contribution in [-0.4, -0.2) is 323 Å². The molecule has 0 aliphatic carbocycles. The molecule has 18 amide bonds.